The molecule has 0 amide bonds. The second kappa shape index (κ2) is 6.62. The van der Waals surface area contributed by atoms with E-state index in [1.54, 1.807) is 0 Å². The SMILES string of the molecule is CBC1CN(C(C)C)CC(COC(C)C)O1. The third-order valence-electron chi connectivity index (χ3n) is 3.06. The van der Waals surface area contributed by atoms with E-state index in [0.717, 1.165) is 27.0 Å². The van der Waals surface area contributed by atoms with Crippen LogP contribution in [0.1, 0.15) is 27.7 Å². The first kappa shape index (κ1) is 14.0. The van der Waals surface area contributed by atoms with Crippen LogP contribution in [-0.2, 0) is 9.47 Å². The summed E-state index contributed by atoms with van der Waals surface area (Å²) in [5, 5.41) is 0. The van der Waals surface area contributed by atoms with Gasteiger partial charge in [-0.1, -0.05) is 6.82 Å². The number of hydrogen-bond acceptors (Lipinski definition) is 3. The fraction of sp³-hybridized carbons (Fsp3) is 1.00. The van der Waals surface area contributed by atoms with Crippen molar-refractivity contribution in [2.24, 2.45) is 0 Å². The minimum atomic E-state index is 0.239. The van der Waals surface area contributed by atoms with Gasteiger partial charge in [-0.3, -0.25) is 4.90 Å². The minimum absolute atomic E-state index is 0.239. The van der Waals surface area contributed by atoms with Gasteiger partial charge in [-0.15, -0.1) is 0 Å². The molecule has 3 nitrogen and oxygen atoms in total. The van der Waals surface area contributed by atoms with E-state index >= 15 is 0 Å². The molecule has 0 N–H and O–H groups in total. The Morgan fingerprint density at radius 1 is 1.31 bits per heavy atom. The van der Waals surface area contributed by atoms with Crippen LogP contribution in [-0.4, -0.2) is 56.1 Å². The molecule has 1 aliphatic rings. The Bertz CT molecular complexity index is 199. The van der Waals surface area contributed by atoms with Crippen molar-refractivity contribution in [2.75, 3.05) is 19.7 Å². The molecule has 0 radical (unpaired) electrons. The van der Waals surface area contributed by atoms with Crippen molar-refractivity contribution >= 4 is 7.28 Å². The normalized spacial score (nSPS) is 27.7. The predicted octanol–water partition coefficient (Wildman–Crippen LogP) is 1.33. The van der Waals surface area contributed by atoms with E-state index in [1.165, 1.54) is 0 Å². The number of nitrogens with zero attached hydrogens (tertiary/aromatic N) is 1. The summed E-state index contributed by atoms with van der Waals surface area (Å²) in [5.41, 5.74) is 0. The third kappa shape index (κ3) is 4.44. The number of rotatable bonds is 5. The van der Waals surface area contributed by atoms with Gasteiger partial charge in [0.1, 0.15) is 0 Å². The summed E-state index contributed by atoms with van der Waals surface area (Å²) in [6.07, 6.45) is 0.529. The van der Waals surface area contributed by atoms with Crippen LogP contribution in [0, 0.1) is 0 Å². The molecule has 0 spiro atoms. The molecule has 0 aromatic carbocycles. The van der Waals surface area contributed by atoms with E-state index in [2.05, 4.69) is 39.4 Å². The first-order valence-electron chi connectivity index (χ1n) is 6.54. The summed E-state index contributed by atoms with van der Waals surface area (Å²) in [6, 6.07) is 0.969. The average Bonchev–Trinajstić information content (AvgIpc) is 2.25. The predicted molar refractivity (Wildman–Crippen MR) is 69.5 cm³/mol. The van der Waals surface area contributed by atoms with Gasteiger partial charge in [0.25, 0.3) is 0 Å². The Morgan fingerprint density at radius 2 is 2.00 bits per heavy atom. The van der Waals surface area contributed by atoms with Crippen LogP contribution in [0.25, 0.3) is 0 Å². The molecule has 4 heteroatoms. The fourth-order valence-corrected chi connectivity index (χ4v) is 1.99. The van der Waals surface area contributed by atoms with Gasteiger partial charge in [0.15, 0.2) is 7.28 Å². The molecule has 1 aliphatic heterocycles. The second-order valence-electron chi connectivity index (χ2n) is 5.22. The zero-order valence-electron chi connectivity index (χ0n) is 11.4. The van der Waals surface area contributed by atoms with E-state index in [1.807, 2.05) is 0 Å². The van der Waals surface area contributed by atoms with E-state index < -0.39 is 0 Å². The smallest absolute Gasteiger partial charge is 0.156 e. The number of ether oxygens (including phenoxy) is 2. The molecule has 16 heavy (non-hydrogen) atoms. The van der Waals surface area contributed by atoms with Crippen LogP contribution in [0.2, 0.25) is 6.82 Å². The molecular formula is C12H26BNO2. The van der Waals surface area contributed by atoms with Crippen molar-refractivity contribution in [1.29, 1.82) is 0 Å². The van der Waals surface area contributed by atoms with Gasteiger partial charge in [0, 0.05) is 25.1 Å². The lowest BCUT2D eigenvalue weighted by Crippen LogP contribution is -2.53. The van der Waals surface area contributed by atoms with Crippen LogP contribution < -0.4 is 0 Å². The van der Waals surface area contributed by atoms with Gasteiger partial charge >= 0.3 is 0 Å². The molecule has 0 aromatic heterocycles. The third-order valence-corrected chi connectivity index (χ3v) is 3.06. The fourth-order valence-electron chi connectivity index (χ4n) is 1.99. The summed E-state index contributed by atoms with van der Waals surface area (Å²) in [4.78, 5) is 2.49. The lowest BCUT2D eigenvalue weighted by Gasteiger charge is -2.40. The van der Waals surface area contributed by atoms with Gasteiger partial charge < -0.3 is 9.47 Å². The summed E-state index contributed by atoms with van der Waals surface area (Å²) in [5.74, 6) is 0. The largest absolute Gasteiger partial charge is 0.379 e. The van der Waals surface area contributed by atoms with Crippen molar-refractivity contribution < 1.29 is 9.47 Å². The first-order valence-corrected chi connectivity index (χ1v) is 6.54. The minimum Gasteiger partial charge on any atom is -0.379 e. The Hall–Kier alpha value is -0.0551. The molecule has 1 rings (SSSR count). The van der Waals surface area contributed by atoms with Crippen LogP contribution >= 0.6 is 0 Å². The van der Waals surface area contributed by atoms with Crippen LogP contribution in [0.5, 0.6) is 0 Å². The zero-order valence-corrected chi connectivity index (χ0v) is 11.4. The number of morpholine rings is 1. The molecule has 1 heterocycles. The lowest BCUT2D eigenvalue weighted by molar-refractivity contribution is -0.101. The van der Waals surface area contributed by atoms with Crippen LogP contribution in [0.4, 0.5) is 0 Å². The van der Waals surface area contributed by atoms with Gasteiger partial charge in [-0.2, -0.15) is 0 Å². The quantitative estimate of drug-likeness (QED) is 0.661. The number of hydrogen-bond donors (Lipinski definition) is 0. The van der Waals surface area contributed by atoms with Crippen LogP contribution in [0.15, 0.2) is 0 Å². The molecule has 94 valence electrons. The highest BCUT2D eigenvalue weighted by Crippen LogP contribution is 2.14. The molecule has 0 aliphatic carbocycles. The standard InChI is InChI=1S/C12H26BNO2/c1-9(2)14-6-11(8-15-10(3)4)16-12(7-14)13-5/h9-13H,6-8H2,1-5H3. The molecule has 2 atom stereocenters. The van der Waals surface area contributed by atoms with Gasteiger partial charge in [-0.05, 0) is 27.7 Å². The van der Waals surface area contributed by atoms with E-state index in [0.29, 0.717) is 12.0 Å². The Labute approximate surface area is 101 Å². The molecular weight excluding hydrogens is 201 g/mol. The first-order chi connectivity index (χ1) is 7.52. The topological polar surface area (TPSA) is 21.7 Å². The molecule has 1 saturated heterocycles. The molecule has 0 saturated carbocycles. The summed E-state index contributed by atoms with van der Waals surface area (Å²) in [7, 11) is 1.08. The highest BCUT2D eigenvalue weighted by Gasteiger charge is 2.28. The van der Waals surface area contributed by atoms with Gasteiger partial charge in [0.2, 0.25) is 0 Å². The maximum atomic E-state index is 6.00. The van der Waals surface area contributed by atoms with E-state index in [9.17, 15) is 0 Å². The summed E-state index contributed by atoms with van der Waals surface area (Å²) < 4.78 is 11.7. The molecule has 0 aromatic rings. The second-order valence-corrected chi connectivity index (χ2v) is 5.22. The average molecular weight is 227 g/mol. The van der Waals surface area contributed by atoms with Gasteiger partial charge in [-0.25, -0.2) is 0 Å². The van der Waals surface area contributed by atoms with Crippen molar-refractivity contribution in [2.45, 2.75) is 58.8 Å². The molecule has 1 fully saturated rings. The van der Waals surface area contributed by atoms with Crippen LogP contribution in [0.3, 0.4) is 0 Å². The van der Waals surface area contributed by atoms with Gasteiger partial charge in [0.05, 0.1) is 18.8 Å². The van der Waals surface area contributed by atoms with E-state index in [-0.39, 0.29) is 12.2 Å². The van der Waals surface area contributed by atoms with Crippen molar-refractivity contribution in [3.05, 3.63) is 0 Å². The van der Waals surface area contributed by atoms with Crippen molar-refractivity contribution in [3.8, 4) is 0 Å². The maximum absolute atomic E-state index is 6.00. The Morgan fingerprint density at radius 3 is 2.50 bits per heavy atom. The summed E-state index contributed by atoms with van der Waals surface area (Å²) in [6.45, 7) is 13.6. The monoisotopic (exact) mass is 227 g/mol. The maximum Gasteiger partial charge on any atom is 0.156 e. The zero-order chi connectivity index (χ0) is 12.1. The highest BCUT2D eigenvalue weighted by atomic mass is 16.5. The Kier molecular flexibility index (Phi) is 5.80. The Balaban J connectivity index is 2.44. The summed E-state index contributed by atoms with van der Waals surface area (Å²) >= 11 is 0. The van der Waals surface area contributed by atoms with E-state index in [4.69, 9.17) is 9.47 Å². The van der Waals surface area contributed by atoms with Crippen molar-refractivity contribution in [1.82, 2.24) is 4.90 Å². The lowest BCUT2D eigenvalue weighted by atomic mass is 9.73. The highest BCUT2D eigenvalue weighted by molar-refractivity contribution is 6.35. The molecule has 2 unspecified atom stereocenters. The molecule has 0 bridgehead atoms. The van der Waals surface area contributed by atoms with Crippen molar-refractivity contribution in [3.63, 3.8) is 0 Å².